The fourth-order valence-corrected chi connectivity index (χ4v) is 1.46. The van der Waals surface area contributed by atoms with Crippen molar-refractivity contribution in [3.05, 3.63) is 0 Å². The molecule has 15 heavy (non-hydrogen) atoms. The molecular formula is C8H16O7. The highest BCUT2D eigenvalue weighted by Gasteiger charge is 2.44. The summed E-state index contributed by atoms with van der Waals surface area (Å²) in [4.78, 5) is 0. The topological polar surface area (TPSA) is 120 Å². The van der Waals surface area contributed by atoms with Gasteiger partial charge in [0.1, 0.15) is 30.5 Å². The summed E-state index contributed by atoms with van der Waals surface area (Å²) in [5, 5.41) is 46.6. The Labute approximate surface area is 86.5 Å². The zero-order chi connectivity index (χ0) is 11.6. The number of rotatable bonds is 2. The average Bonchev–Trinajstić information content (AvgIpc) is 2.33. The molecule has 90 valence electrons. The van der Waals surface area contributed by atoms with E-state index in [4.69, 9.17) is 14.6 Å². The van der Waals surface area contributed by atoms with Crippen LogP contribution < -0.4 is 0 Å². The van der Waals surface area contributed by atoms with Gasteiger partial charge in [0.25, 0.3) is 0 Å². The molecule has 6 atom stereocenters. The van der Waals surface area contributed by atoms with Gasteiger partial charge in [0.2, 0.25) is 0 Å². The smallest absolute Gasteiger partial charge is 0.186 e. The molecule has 1 aliphatic rings. The number of aliphatic hydroxyl groups excluding tert-OH is 5. The second-order valence-corrected chi connectivity index (χ2v) is 3.42. The third-order valence-corrected chi connectivity index (χ3v) is 2.43. The molecular weight excluding hydrogens is 208 g/mol. The van der Waals surface area contributed by atoms with Crippen molar-refractivity contribution in [2.45, 2.75) is 36.8 Å². The minimum absolute atomic E-state index is 0.558. The average molecular weight is 224 g/mol. The van der Waals surface area contributed by atoms with Gasteiger partial charge in [0, 0.05) is 7.11 Å². The van der Waals surface area contributed by atoms with Gasteiger partial charge < -0.3 is 35.0 Å². The highest BCUT2D eigenvalue weighted by molar-refractivity contribution is 4.90. The lowest BCUT2D eigenvalue weighted by molar-refractivity contribution is -0.221. The van der Waals surface area contributed by atoms with E-state index in [9.17, 15) is 20.4 Å². The van der Waals surface area contributed by atoms with E-state index < -0.39 is 43.4 Å². The first kappa shape index (κ1) is 12.8. The number of hydrogen-bond donors (Lipinski definition) is 5. The summed E-state index contributed by atoms with van der Waals surface area (Å²) in [5.74, 6) is 0. The van der Waals surface area contributed by atoms with Gasteiger partial charge in [-0.1, -0.05) is 0 Å². The predicted molar refractivity (Wildman–Crippen MR) is 46.8 cm³/mol. The molecule has 0 aromatic heterocycles. The van der Waals surface area contributed by atoms with Crippen LogP contribution in [0.2, 0.25) is 0 Å². The molecule has 0 aliphatic carbocycles. The lowest BCUT2D eigenvalue weighted by Crippen LogP contribution is -2.47. The first-order chi connectivity index (χ1) is 7.02. The van der Waals surface area contributed by atoms with Gasteiger partial charge in [-0.2, -0.15) is 0 Å². The highest BCUT2D eigenvalue weighted by Crippen LogP contribution is 2.21. The SMILES string of the molecule is CO[C@@H]1O[C@H](CO)[C@@H](O)[C@H](O)[C@@H](O)[C@H]1O. The van der Waals surface area contributed by atoms with E-state index >= 15 is 0 Å². The molecule has 0 amide bonds. The Morgan fingerprint density at radius 2 is 1.53 bits per heavy atom. The molecule has 0 aromatic carbocycles. The van der Waals surface area contributed by atoms with Crippen LogP contribution in [0, 0.1) is 0 Å². The van der Waals surface area contributed by atoms with Crippen molar-refractivity contribution < 1.29 is 35.0 Å². The van der Waals surface area contributed by atoms with Crippen LogP contribution in [-0.4, -0.2) is 76.1 Å². The molecule has 0 unspecified atom stereocenters. The van der Waals surface area contributed by atoms with Gasteiger partial charge in [-0.15, -0.1) is 0 Å². The predicted octanol–water partition coefficient (Wildman–Crippen LogP) is -3.21. The summed E-state index contributed by atoms with van der Waals surface area (Å²) in [5.41, 5.74) is 0. The number of aliphatic hydroxyl groups is 5. The molecule has 1 aliphatic heterocycles. The van der Waals surface area contributed by atoms with E-state index in [1.807, 2.05) is 0 Å². The van der Waals surface area contributed by atoms with Crippen molar-refractivity contribution in [1.29, 1.82) is 0 Å². The first-order valence-corrected chi connectivity index (χ1v) is 4.54. The van der Waals surface area contributed by atoms with Crippen molar-refractivity contribution in [2.75, 3.05) is 13.7 Å². The standard InChI is InChI=1S/C8H16O7/c1-14-8-7(13)6(12)5(11)4(10)3(2-9)15-8/h3-13H,2H2,1H3/t3-,4-,5+,6-,7-,8-/m1/s1. The van der Waals surface area contributed by atoms with Gasteiger partial charge in [-0.05, 0) is 0 Å². The zero-order valence-corrected chi connectivity index (χ0v) is 8.22. The quantitative estimate of drug-likeness (QED) is 0.335. The van der Waals surface area contributed by atoms with E-state index in [2.05, 4.69) is 0 Å². The van der Waals surface area contributed by atoms with E-state index in [0.717, 1.165) is 0 Å². The van der Waals surface area contributed by atoms with Crippen LogP contribution in [0.25, 0.3) is 0 Å². The van der Waals surface area contributed by atoms with Crippen LogP contribution in [0.15, 0.2) is 0 Å². The minimum atomic E-state index is -1.60. The van der Waals surface area contributed by atoms with E-state index in [0.29, 0.717) is 0 Å². The molecule has 7 heteroatoms. The number of methoxy groups -OCH3 is 1. The van der Waals surface area contributed by atoms with E-state index in [1.165, 1.54) is 7.11 Å². The Kier molecular flexibility index (Phi) is 4.41. The molecule has 0 spiro atoms. The molecule has 0 aromatic rings. The van der Waals surface area contributed by atoms with Gasteiger partial charge in [0.15, 0.2) is 6.29 Å². The molecule has 0 saturated carbocycles. The summed E-state index contributed by atoms with van der Waals surface area (Å²) in [6, 6.07) is 0. The number of hydrogen-bond acceptors (Lipinski definition) is 7. The summed E-state index contributed by atoms with van der Waals surface area (Å²) in [6.45, 7) is -0.558. The lowest BCUT2D eigenvalue weighted by atomic mass is 10.0. The second-order valence-electron chi connectivity index (χ2n) is 3.42. The fourth-order valence-electron chi connectivity index (χ4n) is 1.46. The van der Waals surface area contributed by atoms with E-state index in [-0.39, 0.29) is 0 Å². The summed E-state index contributed by atoms with van der Waals surface area (Å²) in [6.07, 6.45) is -8.49. The largest absolute Gasteiger partial charge is 0.394 e. The third kappa shape index (κ3) is 2.45. The summed E-state index contributed by atoms with van der Waals surface area (Å²) >= 11 is 0. The van der Waals surface area contributed by atoms with Crippen LogP contribution in [0.3, 0.4) is 0 Å². The molecule has 1 rings (SSSR count). The van der Waals surface area contributed by atoms with Crippen LogP contribution in [0.1, 0.15) is 0 Å². The molecule has 1 heterocycles. The normalized spacial score (nSPS) is 47.6. The Bertz CT molecular complexity index is 170. The molecule has 1 fully saturated rings. The Hall–Kier alpha value is -0.280. The molecule has 0 bridgehead atoms. The van der Waals surface area contributed by atoms with Crippen LogP contribution >= 0.6 is 0 Å². The molecule has 5 N–H and O–H groups in total. The minimum Gasteiger partial charge on any atom is -0.394 e. The highest BCUT2D eigenvalue weighted by atomic mass is 16.7. The monoisotopic (exact) mass is 224 g/mol. The Morgan fingerprint density at radius 1 is 1.00 bits per heavy atom. The number of ether oxygens (including phenoxy) is 2. The lowest BCUT2D eigenvalue weighted by Gasteiger charge is -2.23. The third-order valence-electron chi connectivity index (χ3n) is 2.43. The maximum atomic E-state index is 9.47. The maximum absolute atomic E-state index is 9.47. The van der Waals surface area contributed by atoms with Crippen molar-refractivity contribution in [3.63, 3.8) is 0 Å². The fraction of sp³-hybridized carbons (Fsp3) is 1.00. The summed E-state index contributed by atoms with van der Waals surface area (Å²) in [7, 11) is 1.24. The van der Waals surface area contributed by atoms with Crippen molar-refractivity contribution in [3.8, 4) is 0 Å². The van der Waals surface area contributed by atoms with Crippen LogP contribution in [0.4, 0.5) is 0 Å². The van der Waals surface area contributed by atoms with Crippen LogP contribution in [0.5, 0.6) is 0 Å². The van der Waals surface area contributed by atoms with Crippen molar-refractivity contribution in [2.24, 2.45) is 0 Å². The summed E-state index contributed by atoms with van der Waals surface area (Å²) < 4.78 is 9.70. The zero-order valence-electron chi connectivity index (χ0n) is 8.22. The molecule has 1 saturated heterocycles. The van der Waals surface area contributed by atoms with Gasteiger partial charge in [0.05, 0.1) is 6.61 Å². The van der Waals surface area contributed by atoms with Crippen molar-refractivity contribution in [1.82, 2.24) is 0 Å². The van der Waals surface area contributed by atoms with Crippen molar-refractivity contribution >= 4 is 0 Å². The van der Waals surface area contributed by atoms with E-state index in [1.54, 1.807) is 0 Å². The van der Waals surface area contributed by atoms with Gasteiger partial charge >= 0.3 is 0 Å². The Balaban J connectivity index is 2.85. The first-order valence-electron chi connectivity index (χ1n) is 4.54. The molecule has 7 nitrogen and oxygen atoms in total. The van der Waals surface area contributed by atoms with Crippen LogP contribution in [-0.2, 0) is 9.47 Å². The van der Waals surface area contributed by atoms with Gasteiger partial charge in [-0.25, -0.2) is 0 Å². The Morgan fingerprint density at radius 3 is 2.00 bits per heavy atom. The molecule has 0 radical (unpaired) electrons. The van der Waals surface area contributed by atoms with Gasteiger partial charge in [-0.3, -0.25) is 0 Å². The second kappa shape index (κ2) is 5.17. The maximum Gasteiger partial charge on any atom is 0.186 e.